The van der Waals surface area contributed by atoms with Crippen molar-refractivity contribution < 1.29 is 18.0 Å². The first-order chi connectivity index (χ1) is 16.1. The summed E-state index contributed by atoms with van der Waals surface area (Å²) in [6.45, 7) is 1.74. The number of carbonyl (C=O) groups is 1. The number of aromatic nitrogens is 3. The minimum atomic E-state index is -0.736. The minimum Gasteiger partial charge on any atom is -0.441 e. The number of rotatable bonds is 6. The van der Waals surface area contributed by atoms with Crippen molar-refractivity contribution in [2.45, 2.75) is 25.7 Å². The van der Waals surface area contributed by atoms with Crippen LogP contribution in [0.3, 0.4) is 0 Å². The fourth-order valence-electron chi connectivity index (χ4n) is 3.88. The van der Waals surface area contributed by atoms with Crippen molar-refractivity contribution in [3.8, 4) is 11.3 Å². The summed E-state index contributed by atoms with van der Waals surface area (Å²) in [5.41, 5.74) is 1.59. The quantitative estimate of drug-likeness (QED) is 0.458. The van der Waals surface area contributed by atoms with E-state index in [2.05, 4.69) is 20.2 Å². The summed E-state index contributed by atoms with van der Waals surface area (Å²) in [6, 6.07) is 10.8. The lowest BCUT2D eigenvalue weighted by Crippen LogP contribution is -2.23. The molecule has 33 heavy (non-hydrogen) atoms. The van der Waals surface area contributed by atoms with Crippen LogP contribution in [0.4, 0.5) is 20.4 Å². The third-order valence-electron chi connectivity index (χ3n) is 5.53. The molecular weight excluding hydrogens is 428 g/mol. The highest BCUT2D eigenvalue weighted by Crippen LogP contribution is 2.28. The second-order valence-corrected chi connectivity index (χ2v) is 7.87. The first-order valence-electron chi connectivity index (χ1n) is 10.8. The maximum absolute atomic E-state index is 14.0. The highest BCUT2D eigenvalue weighted by atomic mass is 19.1. The van der Waals surface area contributed by atoms with Crippen molar-refractivity contribution in [3.63, 3.8) is 0 Å². The maximum atomic E-state index is 14.0. The number of hydrogen-bond acceptors (Lipinski definition) is 6. The Bertz CT molecular complexity index is 1320. The van der Waals surface area contributed by atoms with Gasteiger partial charge in [0.05, 0.1) is 22.8 Å². The van der Waals surface area contributed by atoms with Gasteiger partial charge in [-0.05, 0) is 37.1 Å². The van der Waals surface area contributed by atoms with Crippen LogP contribution < -0.4 is 10.2 Å². The fourth-order valence-corrected chi connectivity index (χ4v) is 3.88. The van der Waals surface area contributed by atoms with E-state index in [9.17, 15) is 13.6 Å². The highest BCUT2D eigenvalue weighted by Gasteiger charge is 2.21. The summed E-state index contributed by atoms with van der Waals surface area (Å²) in [4.78, 5) is 28.3. The predicted molar refractivity (Wildman–Crippen MR) is 120 cm³/mol. The van der Waals surface area contributed by atoms with Gasteiger partial charge in [-0.25, -0.2) is 23.7 Å². The SMILES string of the molecule is O=C(CCc1ncc(-c2ccc(F)cc2F)o1)Nc1nc2ccccc2nc1N1CCCC1. The first kappa shape index (κ1) is 21.0. The number of nitrogens with zero attached hydrogens (tertiary/aromatic N) is 4. The molecule has 0 aliphatic carbocycles. The van der Waals surface area contributed by atoms with Gasteiger partial charge in [-0.15, -0.1) is 0 Å². The average molecular weight is 449 g/mol. The normalized spacial score (nSPS) is 13.6. The van der Waals surface area contributed by atoms with Gasteiger partial charge in [-0.3, -0.25) is 4.79 Å². The van der Waals surface area contributed by atoms with Crippen molar-refractivity contribution in [1.29, 1.82) is 0 Å². The highest BCUT2D eigenvalue weighted by molar-refractivity contribution is 5.94. The van der Waals surface area contributed by atoms with Crippen molar-refractivity contribution in [2.24, 2.45) is 0 Å². The molecule has 9 heteroatoms. The summed E-state index contributed by atoms with van der Waals surface area (Å²) in [6.07, 6.45) is 3.82. The molecule has 1 saturated heterocycles. The molecule has 1 N–H and O–H groups in total. The number of hydrogen-bond donors (Lipinski definition) is 1. The number of carbonyl (C=O) groups excluding carboxylic acids is 1. The van der Waals surface area contributed by atoms with Gasteiger partial charge in [-0.2, -0.15) is 0 Å². The van der Waals surface area contributed by atoms with Crippen LogP contribution in [0.5, 0.6) is 0 Å². The van der Waals surface area contributed by atoms with Crippen molar-refractivity contribution in [2.75, 3.05) is 23.3 Å². The predicted octanol–water partition coefficient (Wildman–Crippen LogP) is 4.73. The average Bonchev–Trinajstić information content (AvgIpc) is 3.50. The monoisotopic (exact) mass is 449 g/mol. The van der Waals surface area contributed by atoms with Gasteiger partial charge in [0, 0.05) is 32.0 Å². The smallest absolute Gasteiger partial charge is 0.226 e. The molecule has 7 nitrogen and oxygen atoms in total. The Kier molecular flexibility index (Phi) is 5.68. The number of nitrogens with one attached hydrogen (secondary N) is 1. The molecule has 0 saturated carbocycles. The van der Waals surface area contributed by atoms with E-state index in [1.54, 1.807) is 0 Å². The lowest BCUT2D eigenvalue weighted by molar-refractivity contribution is -0.116. The Hall–Kier alpha value is -3.88. The Morgan fingerprint density at radius 2 is 1.82 bits per heavy atom. The largest absolute Gasteiger partial charge is 0.441 e. The van der Waals surface area contributed by atoms with Gasteiger partial charge in [0.25, 0.3) is 0 Å². The number of fused-ring (bicyclic) bond motifs is 1. The Morgan fingerprint density at radius 1 is 1.06 bits per heavy atom. The molecule has 168 valence electrons. The summed E-state index contributed by atoms with van der Waals surface area (Å²) in [7, 11) is 0. The number of amides is 1. The molecule has 1 aliphatic rings. The van der Waals surface area contributed by atoms with Crippen LogP contribution >= 0.6 is 0 Å². The van der Waals surface area contributed by atoms with Crippen LogP contribution in [0.25, 0.3) is 22.4 Å². The van der Waals surface area contributed by atoms with Crippen LogP contribution in [0.2, 0.25) is 0 Å². The zero-order valence-electron chi connectivity index (χ0n) is 17.7. The van der Waals surface area contributed by atoms with Crippen LogP contribution in [0, 0.1) is 11.6 Å². The summed E-state index contributed by atoms with van der Waals surface area (Å²) in [5, 5.41) is 2.88. The minimum absolute atomic E-state index is 0.0970. The molecule has 1 aliphatic heterocycles. The molecule has 3 heterocycles. The molecule has 2 aromatic heterocycles. The van der Waals surface area contributed by atoms with Gasteiger partial charge in [0.2, 0.25) is 5.91 Å². The number of benzene rings is 2. The van der Waals surface area contributed by atoms with E-state index in [1.165, 1.54) is 12.3 Å². The second kappa shape index (κ2) is 8.93. The summed E-state index contributed by atoms with van der Waals surface area (Å²) >= 11 is 0. The molecule has 0 unspecified atom stereocenters. The third kappa shape index (κ3) is 4.52. The zero-order valence-corrected chi connectivity index (χ0v) is 17.7. The maximum Gasteiger partial charge on any atom is 0.226 e. The van der Waals surface area contributed by atoms with Gasteiger partial charge < -0.3 is 14.6 Å². The van der Waals surface area contributed by atoms with Gasteiger partial charge in [0.15, 0.2) is 23.3 Å². The van der Waals surface area contributed by atoms with Crippen LogP contribution in [-0.4, -0.2) is 33.9 Å². The number of aryl methyl sites for hydroxylation is 1. The third-order valence-corrected chi connectivity index (χ3v) is 5.53. The molecule has 1 fully saturated rings. The number of anilines is 2. The van der Waals surface area contributed by atoms with Gasteiger partial charge >= 0.3 is 0 Å². The van der Waals surface area contributed by atoms with Crippen LogP contribution in [-0.2, 0) is 11.2 Å². The Balaban J connectivity index is 1.29. The molecule has 0 bridgehead atoms. The van der Waals surface area contributed by atoms with E-state index in [-0.39, 0.29) is 36.0 Å². The Labute approximate surface area is 188 Å². The first-order valence-corrected chi connectivity index (χ1v) is 10.8. The number of para-hydroxylation sites is 2. The lowest BCUT2D eigenvalue weighted by atomic mass is 10.2. The summed E-state index contributed by atoms with van der Waals surface area (Å²) in [5.74, 6) is -0.0927. The standard InChI is InChI=1S/C24H21F2N5O2/c25-15-7-8-16(17(26)13-15)20-14-27-22(33-20)10-9-21(32)30-23-24(31-11-3-4-12-31)29-19-6-2-1-5-18(19)28-23/h1-2,5-8,13-14H,3-4,9-12H2,(H,28,30,32). The molecule has 0 radical (unpaired) electrons. The van der Waals surface area contributed by atoms with Crippen LogP contribution in [0.15, 0.2) is 53.1 Å². The van der Waals surface area contributed by atoms with E-state index in [0.29, 0.717) is 17.2 Å². The lowest BCUT2D eigenvalue weighted by Gasteiger charge is -2.20. The van der Waals surface area contributed by atoms with E-state index in [0.717, 1.165) is 43.6 Å². The molecule has 5 rings (SSSR count). The van der Waals surface area contributed by atoms with E-state index >= 15 is 0 Å². The van der Waals surface area contributed by atoms with E-state index in [4.69, 9.17) is 9.40 Å². The van der Waals surface area contributed by atoms with Gasteiger partial charge in [0.1, 0.15) is 11.6 Å². The molecule has 4 aromatic rings. The van der Waals surface area contributed by atoms with Crippen LogP contribution in [0.1, 0.15) is 25.2 Å². The van der Waals surface area contributed by atoms with Gasteiger partial charge in [-0.1, -0.05) is 12.1 Å². The topological polar surface area (TPSA) is 84.2 Å². The molecule has 1 amide bonds. The Morgan fingerprint density at radius 3 is 2.58 bits per heavy atom. The van der Waals surface area contributed by atoms with Crippen molar-refractivity contribution >= 4 is 28.6 Å². The second-order valence-electron chi connectivity index (χ2n) is 7.87. The molecule has 0 atom stereocenters. The zero-order chi connectivity index (χ0) is 22.8. The van der Waals surface area contributed by atoms with Crippen molar-refractivity contribution in [1.82, 2.24) is 15.0 Å². The van der Waals surface area contributed by atoms with E-state index in [1.807, 2.05) is 24.3 Å². The fraction of sp³-hybridized carbons (Fsp3) is 0.250. The number of halogens is 2. The molecule has 2 aromatic carbocycles. The number of oxazole rings is 1. The summed E-state index contributed by atoms with van der Waals surface area (Å²) < 4.78 is 32.7. The molecular formula is C24H21F2N5O2. The molecule has 0 spiro atoms. The van der Waals surface area contributed by atoms with Crippen molar-refractivity contribution in [3.05, 3.63) is 66.2 Å². The van der Waals surface area contributed by atoms with E-state index < -0.39 is 11.6 Å².